The highest BCUT2D eigenvalue weighted by Gasteiger charge is 2.12. The first-order valence-corrected chi connectivity index (χ1v) is 4.86. The molecular formula is C13H10F2O. The molecule has 0 bridgehead atoms. The quantitative estimate of drug-likeness (QED) is 0.824. The fraction of sp³-hybridized carbons (Fsp3) is 0.0769. The first kappa shape index (κ1) is 10.8. The molecule has 2 aromatic carbocycles. The van der Waals surface area contributed by atoms with Crippen LogP contribution in [0.1, 0.15) is 17.2 Å². The number of hydrogen-bond donors (Lipinski definition) is 1. The molecule has 16 heavy (non-hydrogen) atoms. The van der Waals surface area contributed by atoms with Gasteiger partial charge in [0.15, 0.2) is 0 Å². The summed E-state index contributed by atoms with van der Waals surface area (Å²) < 4.78 is 25.9. The molecule has 1 N–H and O–H groups in total. The second kappa shape index (κ2) is 4.41. The SMILES string of the molecule is O[C@@H](c1ccccc1)c1cc(F)cc(F)c1. The van der Waals surface area contributed by atoms with E-state index in [2.05, 4.69) is 0 Å². The van der Waals surface area contributed by atoms with Crippen molar-refractivity contribution in [3.63, 3.8) is 0 Å². The fourth-order valence-corrected chi connectivity index (χ4v) is 1.56. The predicted molar refractivity (Wildman–Crippen MR) is 56.9 cm³/mol. The van der Waals surface area contributed by atoms with Crippen molar-refractivity contribution in [3.05, 3.63) is 71.3 Å². The van der Waals surface area contributed by atoms with Gasteiger partial charge < -0.3 is 5.11 Å². The van der Waals surface area contributed by atoms with E-state index in [9.17, 15) is 13.9 Å². The molecule has 0 aliphatic rings. The molecule has 3 heteroatoms. The average molecular weight is 220 g/mol. The van der Waals surface area contributed by atoms with Gasteiger partial charge in [0.2, 0.25) is 0 Å². The van der Waals surface area contributed by atoms with Gasteiger partial charge in [0.05, 0.1) is 0 Å². The summed E-state index contributed by atoms with van der Waals surface area (Å²) >= 11 is 0. The van der Waals surface area contributed by atoms with Crippen LogP contribution in [0.2, 0.25) is 0 Å². The Hall–Kier alpha value is -1.74. The lowest BCUT2D eigenvalue weighted by atomic mass is 10.0. The molecule has 0 aliphatic heterocycles. The maximum absolute atomic E-state index is 13.0. The minimum atomic E-state index is -1.01. The van der Waals surface area contributed by atoms with Gasteiger partial charge in [-0.1, -0.05) is 30.3 Å². The molecule has 0 heterocycles. The van der Waals surface area contributed by atoms with Crippen LogP contribution in [-0.2, 0) is 0 Å². The van der Waals surface area contributed by atoms with Crippen LogP contribution in [0.4, 0.5) is 8.78 Å². The number of aliphatic hydroxyl groups excluding tert-OH is 1. The van der Waals surface area contributed by atoms with Gasteiger partial charge in [-0.3, -0.25) is 0 Å². The highest BCUT2D eigenvalue weighted by molar-refractivity contribution is 5.30. The van der Waals surface area contributed by atoms with Gasteiger partial charge in [0.25, 0.3) is 0 Å². The molecule has 0 saturated heterocycles. The Labute approximate surface area is 92.0 Å². The molecule has 82 valence electrons. The predicted octanol–water partition coefficient (Wildman–Crippen LogP) is 3.05. The number of hydrogen-bond acceptors (Lipinski definition) is 1. The van der Waals surface area contributed by atoms with Crippen LogP contribution in [0.3, 0.4) is 0 Å². The van der Waals surface area contributed by atoms with Crippen LogP contribution < -0.4 is 0 Å². The molecule has 0 unspecified atom stereocenters. The molecule has 0 amide bonds. The second-order valence-electron chi connectivity index (χ2n) is 3.52. The van der Waals surface area contributed by atoms with Crippen LogP contribution in [0.25, 0.3) is 0 Å². The van der Waals surface area contributed by atoms with Gasteiger partial charge in [-0.05, 0) is 23.3 Å². The van der Waals surface area contributed by atoms with E-state index in [0.29, 0.717) is 5.56 Å². The molecule has 0 aliphatic carbocycles. The zero-order valence-electron chi connectivity index (χ0n) is 8.40. The lowest BCUT2D eigenvalue weighted by Crippen LogP contribution is -2.00. The Morgan fingerprint density at radius 2 is 1.38 bits per heavy atom. The lowest BCUT2D eigenvalue weighted by Gasteiger charge is -2.11. The molecule has 0 saturated carbocycles. The zero-order valence-corrected chi connectivity index (χ0v) is 8.40. The average Bonchev–Trinajstić information content (AvgIpc) is 2.28. The van der Waals surface area contributed by atoms with Crippen LogP contribution in [0.15, 0.2) is 48.5 Å². The third-order valence-corrected chi connectivity index (χ3v) is 2.32. The summed E-state index contributed by atoms with van der Waals surface area (Å²) in [7, 11) is 0. The van der Waals surface area contributed by atoms with E-state index < -0.39 is 17.7 Å². The topological polar surface area (TPSA) is 20.2 Å². The third-order valence-electron chi connectivity index (χ3n) is 2.32. The molecule has 0 radical (unpaired) electrons. The Balaban J connectivity index is 2.37. The van der Waals surface area contributed by atoms with Gasteiger partial charge in [0, 0.05) is 6.07 Å². The Bertz CT molecular complexity index is 462. The van der Waals surface area contributed by atoms with E-state index in [0.717, 1.165) is 18.2 Å². The zero-order chi connectivity index (χ0) is 11.5. The van der Waals surface area contributed by atoms with Crippen molar-refractivity contribution in [2.45, 2.75) is 6.10 Å². The summed E-state index contributed by atoms with van der Waals surface area (Å²) in [6.07, 6.45) is -1.01. The lowest BCUT2D eigenvalue weighted by molar-refractivity contribution is 0.219. The minimum absolute atomic E-state index is 0.212. The van der Waals surface area contributed by atoms with Crippen molar-refractivity contribution >= 4 is 0 Å². The maximum atomic E-state index is 13.0. The summed E-state index contributed by atoms with van der Waals surface area (Å²) in [6.45, 7) is 0. The molecule has 1 atom stereocenters. The summed E-state index contributed by atoms with van der Waals surface area (Å²) in [6, 6.07) is 11.8. The van der Waals surface area contributed by atoms with E-state index in [4.69, 9.17) is 0 Å². The van der Waals surface area contributed by atoms with Crippen LogP contribution in [-0.4, -0.2) is 5.11 Å². The van der Waals surface area contributed by atoms with E-state index in [1.165, 1.54) is 0 Å². The molecule has 2 rings (SSSR count). The molecule has 1 nitrogen and oxygen atoms in total. The van der Waals surface area contributed by atoms with E-state index >= 15 is 0 Å². The summed E-state index contributed by atoms with van der Waals surface area (Å²) in [5.74, 6) is -1.38. The van der Waals surface area contributed by atoms with Gasteiger partial charge in [-0.2, -0.15) is 0 Å². The monoisotopic (exact) mass is 220 g/mol. The van der Waals surface area contributed by atoms with Crippen molar-refractivity contribution < 1.29 is 13.9 Å². The highest BCUT2D eigenvalue weighted by atomic mass is 19.1. The standard InChI is InChI=1S/C13H10F2O/c14-11-6-10(7-12(15)8-11)13(16)9-4-2-1-3-5-9/h1-8,13,16H/t13-/m0/s1. The highest BCUT2D eigenvalue weighted by Crippen LogP contribution is 2.22. The van der Waals surface area contributed by atoms with E-state index in [-0.39, 0.29) is 5.56 Å². The third kappa shape index (κ3) is 2.25. The minimum Gasteiger partial charge on any atom is -0.384 e. The molecular weight excluding hydrogens is 210 g/mol. The van der Waals surface area contributed by atoms with Gasteiger partial charge >= 0.3 is 0 Å². The maximum Gasteiger partial charge on any atom is 0.126 e. The molecule has 2 aromatic rings. The Kier molecular flexibility index (Phi) is 2.97. The van der Waals surface area contributed by atoms with Crippen molar-refractivity contribution in [1.82, 2.24) is 0 Å². The van der Waals surface area contributed by atoms with E-state index in [1.54, 1.807) is 24.3 Å². The largest absolute Gasteiger partial charge is 0.384 e. The van der Waals surface area contributed by atoms with Crippen molar-refractivity contribution in [2.24, 2.45) is 0 Å². The molecule has 0 aromatic heterocycles. The van der Waals surface area contributed by atoms with Gasteiger partial charge in [0.1, 0.15) is 17.7 Å². The first-order chi connectivity index (χ1) is 7.66. The second-order valence-corrected chi connectivity index (χ2v) is 3.52. The van der Waals surface area contributed by atoms with E-state index in [1.807, 2.05) is 6.07 Å². The Morgan fingerprint density at radius 3 is 1.94 bits per heavy atom. The van der Waals surface area contributed by atoms with Crippen LogP contribution in [0.5, 0.6) is 0 Å². The van der Waals surface area contributed by atoms with Gasteiger partial charge in [-0.25, -0.2) is 8.78 Å². The number of benzene rings is 2. The smallest absolute Gasteiger partial charge is 0.126 e. The fourth-order valence-electron chi connectivity index (χ4n) is 1.56. The number of aliphatic hydroxyl groups is 1. The summed E-state index contributed by atoms with van der Waals surface area (Å²) in [4.78, 5) is 0. The summed E-state index contributed by atoms with van der Waals surface area (Å²) in [5, 5.41) is 9.91. The van der Waals surface area contributed by atoms with Crippen molar-refractivity contribution in [1.29, 1.82) is 0 Å². The first-order valence-electron chi connectivity index (χ1n) is 4.86. The molecule has 0 spiro atoms. The van der Waals surface area contributed by atoms with Gasteiger partial charge in [-0.15, -0.1) is 0 Å². The number of rotatable bonds is 2. The van der Waals surface area contributed by atoms with Crippen molar-refractivity contribution in [2.75, 3.05) is 0 Å². The van der Waals surface area contributed by atoms with Crippen LogP contribution >= 0.6 is 0 Å². The molecule has 0 fully saturated rings. The van der Waals surface area contributed by atoms with Crippen molar-refractivity contribution in [3.8, 4) is 0 Å². The normalized spacial score (nSPS) is 12.4. The number of halogens is 2. The van der Waals surface area contributed by atoms with Crippen LogP contribution in [0, 0.1) is 11.6 Å². The Morgan fingerprint density at radius 1 is 0.812 bits per heavy atom. The summed E-state index contributed by atoms with van der Waals surface area (Å²) in [5.41, 5.74) is 0.816.